The number of nitrogens with zero attached hydrogens (tertiary/aromatic N) is 1. The Morgan fingerprint density at radius 2 is 1.81 bits per heavy atom. The molecular formula is C23H30N2O5S. The number of benzene rings is 2. The van der Waals surface area contributed by atoms with E-state index in [1.165, 1.54) is 4.31 Å². The lowest BCUT2D eigenvalue weighted by Gasteiger charge is -2.18. The highest BCUT2D eigenvalue weighted by molar-refractivity contribution is 7.89. The van der Waals surface area contributed by atoms with E-state index in [1.54, 1.807) is 30.3 Å². The monoisotopic (exact) mass is 446 g/mol. The zero-order chi connectivity index (χ0) is 22.6. The average Bonchev–Trinajstić information content (AvgIpc) is 3.06. The van der Waals surface area contributed by atoms with Gasteiger partial charge in [-0.2, -0.15) is 4.31 Å². The molecule has 1 aliphatic heterocycles. The predicted molar refractivity (Wildman–Crippen MR) is 119 cm³/mol. The van der Waals surface area contributed by atoms with Crippen molar-refractivity contribution in [1.29, 1.82) is 0 Å². The van der Waals surface area contributed by atoms with Crippen LogP contribution < -0.4 is 14.8 Å². The minimum absolute atomic E-state index is 0.130. The van der Waals surface area contributed by atoms with Gasteiger partial charge in [-0.25, -0.2) is 8.42 Å². The van der Waals surface area contributed by atoms with Gasteiger partial charge in [0.15, 0.2) is 18.1 Å². The Balaban J connectivity index is 1.54. The molecule has 1 N–H and O–H groups in total. The van der Waals surface area contributed by atoms with Crippen LogP contribution in [0, 0.1) is 0 Å². The second-order valence-electron chi connectivity index (χ2n) is 8.08. The van der Waals surface area contributed by atoms with E-state index in [4.69, 9.17) is 9.47 Å². The number of carbonyl (C=O) groups excluding carboxylic acids is 1. The molecule has 0 fully saturated rings. The topological polar surface area (TPSA) is 84.9 Å². The fourth-order valence-electron chi connectivity index (χ4n) is 3.59. The van der Waals surface area contributed by atoms with Crippen LogP contribution in [-0.2, 0) is 27.8 Å². The summed E-state index contributed by atoms with van der Waals surface area (Å²) in [5.74, 6) is 0.990. The third kappa shape index (κ3) is 5.37. The molecule has 3 rings (SSSR count). The van der Waals surface area contributed by atoms with Gasteiger partial charge in [-0.05, 0) is 37.6 Å². The summed E-state index contributed by atoms with van der Waals surface area (Å²) in [6, 6.07) is 12.2. The standard InChI is InChI=1S/C23H30N2O5S/c1-5-25(6-2)31(27,28)19-12-10-17(11-13-19)15-24-21(26)16-29-20-9-7-8-18-14-23(3,4)30-22(18)20/h7-13H,5-6,14-16H2,1-4H3,(H,24,26). The fraction of sp³-hybridized carbons (Fsp3) is 0.435. The number of ether oxygens (including phenoxy) is 2. The third-order valence-corrected chi connectivity index (χ3v) is 7.23. The molecule has 0 spiro atoms. The van der Waals surface area contributed by atoms with Crippen molar-refractivity contribution < 1.29 is 22.7 Å². The lowest BCUT2D eigenvalue weighted by Crippen LogP contribution is -2.30. The van der Waals surface area contributed by atoms with E-state index in [-0.39, 0.29) is 29.6 Å². The molecule has 2 aromatic carbocycles. The van der Waals surface area contributed by atoms with Crippen LogP contribution in [0.1, 0.15) is 38.8 Å². The molecule has 0 bridgehead atoms. The average molecular weight is 447 g/mol. The number of fused-ring (bicyclic) bond motifs is 1. The van der Waals surface area contributed by atoms with Gasteiger partial charge in [-0.15, -0.1) is 0 Å². The zero-order valence-electron chi connectivity index (χ0n) is 18.5. The van der Waals surface area contributed by atoms with Crippen LogP contribution in [0.25, 0.3) is 0 Å². The summed E-state index contributed by atoms with van der Waals surface area (Å²) in [6.45, 7) is 8.64. The lowest BCUT2D eigenvalue weighted by atomic mass is 10.0. The number of nitrogens with one attached hydrogen (secondary N) is 1. The lowest BCUT2D eigenvalue weighted by molar-refractivity contribution is -0.123. The van der Waals surface area contributed by atoms with Gasteiger partial charge in [0.1, 0.15) is 5.60 Å². The van der Waals surface area contributed by atoms with E-state index in [2.05, 4.69) is 5.32 Å². The van der Waals surface area contributed by atoms with E-state index in [1.807, 2.05) is 39.8 Å². The van der Waals surface area contributed by atoms with Crippen LogP contribution in [0.4, 0.5) is 0 Å². The molecule has 0 atom stereocenters. The van der Waals surface area contributed by atoms with E-state index >= 15 is 0 Å². The zero-order valence-corrected chi connectivity index (χ0v) is 19.3. The summed E-state index contributed by atoms with van der Waals surface area (Å²) < 4.78 is 38.1. The second kappa shape index (κ2) is 9.28. The first-order valence-corrected chi connectivity index (χ1v) is 11.9. The number of hydrogen-bond acceptors (Lipinski definition) is 5. The van der Waals surface area contributed by atoms with E-state index in [0.717, 1.165) is 17.5 Å². The summed E-state index contributed by atoms with van der Waals surface area (Å²) in [6.07, 6.45) is 0.797. The van der Waals surface area contributed by atoms with Crippen molar-refractivity contribution in [2.75, 3.05) is 19.7 Å². The molecule has 31 heavy (non-hydrogen) atoms. The minimum atomic E-state index is -3.49. The SMILES string of the molecule is CCN(CC)S(=O)(=O)c1ccc(CNC(=O)COc2cccc3c2OC(C)(C)C3)cc1. The molecule has 1 amide bonds. The Kier molecular flexibility index (Phi) is 6.91. The first kappa shape index (κ1) is 23.1. The molecule has 7 nitrogen and oxygen atoms in total. The van der Waals surface area contributed by atoms with Crippen molar-refractivity contribution >= 4 is 15.9 Å². The smallest absolute Gasteiger partial charge is 0.258 e. The first-order chi connectivity index (χ1) is 14.7. The van der Waals surface area contributed by atoms with E-state index in [9.17, 15) is 13.2 Å². The van der Waals surface area contributed by atoms with Crippen molar-refractivity contribution in [2.24, 2.45) is 0 Å². The van der Waals surface area contributed by atoms with Gasteiger partial charge in [0.05, 0.1) is 4.90 Å². The number of amides is 1. The van der Waals surface area contributed by atoms with Crippen LogP contribution in [0.5, 0.6) is 11.5 Å². The van der Waals surface area contributed by atoms with E-state index in [0.29, 0.717) is 24.6 Å². The van der Waals surface area contributed by atoms with Crippen molar-refractivity contribution in [3.8, 4) is 11.5 Å². The Labute approximate surface area is 184 Å². The molecule has 0 radical (unpaired) electrons. The maximum Gasteiger partial charge on any atom is 0.258 e. The normalized spacial score (nSPS) is 14.7. The second-order valence-corrected chi connectivity index (χ2v) is 10.0. The maximum atomic E-state index is 12.5. The van der Waals surface area contributed by atoms with Gasteiger partial charge < -0.3 is 14.8 Å². The molecule has 1 aliphatic rings. The highest BCUT2D eigenvalue weighted by atomic mass is 32.2. The number of carbonyl (C=O) groups is 1. The predicted octanol–water partition coefficient (Wildman–Crippen LogP) is 3.13. The number of para-hydroxylation sites is 1. The molecule has 0 saturated heterocycles. The van der Waals surface area contributed by atoms with Crippen molar-refractivity contribution in [3.05, 3.63) is 53.6 Å². The Bertz CT molecular complexity index is 1030. The van der Waals surface area contributed by atoms with Gasteiger partial charge in [-0.3, -0.25) is 4.79 Å². The van der Waals surface area contributed by atoms with Gasteiger partial charge in [0.25, 0.3) is 5.91 Å². The highest BCUT2D eigenvalue weighted by Gasteiger charge is 2.32. The summed E-state index contributed by atoms with van der Waals surface area (Å²) in [5, 5.41) is 2.79. The molecule has 0 aromatic heterocycles. The van der Waals surface area contributed by atoms with Crippen LogP contribution >= 0.6 is 0 Å². The summed E-state index contributed by atoms with van der Waals surface area (Å²) in [7, 11) is -3.49. The molecule has 1 heterocycles. The van der Waals surface area contributed by atoms with Crippen molar-refractivity contribution in [2.45, 2.75) is 51.2 Å². The molecular weight excluding hydrogens is 416 g/mol. The summed E-state index contributed by atoms with van der Waals surface area (Å²) in [5.41, 5.74) is 1.59. The van der Waals surface area contributed by atoms with Crippen LogP contribution in [0.3, 0.4) is 0 Å². The maximum absolute atomic E-state index is 12.5. The molecule has 2 aromatic rings. The Morgan fingerprint density at radius 1 is 1.13 bits per heavy atom. The summed E-state index contributed by atoms with van der Waals surface area (Å²) in [4.78, 5) is 12.5. The first-order valence-electron chi connectivity index (χ1n) is 10.5. The van der Waals surface area contributed by atoms with Crippen LogP contribution in [0.2, 0.25) is 0 Å². The molecule has 168 valence electrons. The fourth-order valence-corrected chi connectivity index (χ4v) is 5.05. The van der Waals surface area contributed by atoms with Gasteiger partial charge in [0, 0.05) is 31.6 Å². The highest BCUT2D eigenvalue weighted by Crippen LogP contribution is 2.41. The van der Waals surface area contributed by atoms with E-state index < -0.39 is 10.0 Å². The minimum Gasteiger partial charge on any atom is -0.483 e. The Hall–Kier alpha value is -2.58. The van der Waals surface area contributed by atoms with Gasteiger partial charge in [-0.1, -0.05) is 38.1 Å². The largest absolute Gasteiger partial charge is 0.483 e. The quantitative estimate of drug-likeness (QED) is 0.640. The number of sulfonamides is 1. The molecule has 8 heteroatoms. The molecule has 0 unspecified atom stereocenters. The summed E-state index contributed by atoms with van der Waals surface area (Å²) >= 11 is 0. The van der Waals surface area contributed by atoms with Crippen molar-refractivity contribution in [3.63, 3.8) is 0 Å². The van der Waals surface area contributed by atoms with Gasteiger partial charge in [0.2, 0.25) is 10.0 Å². The number of rotatable bonds is 9. The molecule has 0 aliphatic carbocycles. The van der Waals surface area contributed by atoms with Crippen molar-refractivity contribution in [1.82, 2.24) is 9.62 Å². The van der Waals surface area contributed by atoms with Crippen LogP contribution in [-0.4, -0.2) is 43.9 Å². The van der Waals surface area contributed by atoms with Crippen LogP contribution in [0.15, 0.2) is 47.4 Å². The van der Waals surface area contributed by atoms with Gasteiger partial charge >= 0.3 is 0 Å². The third-order valence-electron chi connectivity index (χ3n) is 5.17. The Morgan fingerprint density at radius 3 is 2.45 bits per heavy atom. The molecule has 0 saturated carbocycles. The number of hydrogen-bond donors (Lipinski definition) is 1.